The predicted octanol–water partition coefficient (Wildman–Crippen LogP) is 2.68. The first-order valence-electron chi connectivity index (χ1n) is 7.71. The maximum Gasteiger partial charge on any atom is 0.409 e. The van der Waals surface area contributed by atoms with Gasteiger partial charge in [-0.3, -0.25) is 4.79 Å². The van der Waals surface area contributed by atoms with Gasteiger partial charge in [0.15, 0.2) is 5.78 Å². The standard InChI is InChI=1S/C17H21NO3/c1-3-21-17(20)18-8-6-12-10-11(2)13-4-5-15(19)16(13)14(12)7-9-18/h10H,3-9H2,1-2H3. The number of rotatable bonds is 1. The molecule has 112 valence electrons. The summed E-state index contributed by atoms with van der Waals surface area (Å²) in [7, 11) is 0. The first kappa shape index (κ1) is 14.1. The van der Waals surface area contributed by atoms with E-state index in [2.05, 4.69) is 13.0 Å². The molecule has 0 spiro atoms. The van der Waals surface area contributed by atoms with Crippen LogP contribution in [0.25, 0.3) is 0 Å². The van der Waals surface area contributed by atoms with Gasteiger partial charge in [0.1, 0.15) is 0 Å². The van der Waals surface area contributed by atoms with Crippen LogP contribution in [0.1, 0.15) is 46.0 Å². The number of Topliss-reactive ketones (excluding diaryl/α,β-unsaturated/α-hetero) is 1. The quantitative estimate of drug-likeness (QED) is 0.798. The Morgan fingerprint density at radius 2 is 1.95 bits per heavy atom. The lowest BCUT2D eigenvalue weighted by Crippen LogP contribution is -2.33. The summed E-state index contributed by atoms with van der Waals surface area (Å²) in [4.78, 5) is 25.9. The molecule has 0 bridgehead atoms. The summed E-state index contributed by atoms with van der Waals surface area (Å²) in [6, 6.07) is 2.21. The molecule has 1 aromatic carbocycles. The molecule has 3 rings (SSSR count). The van der Waals surface area contributed by atoms with Crippen molar-refractivity contribution in [3.8, 4) is 0 Å². The summed E-state index contributed by atoms with van der Waals surface area (Å²) in [5.74, 6) is 0.273. The number of carbonyl (C=O) groups excluding carboxylic acids is 2. The van der Waals surface area contributed by atoms with Crippen LogP contribution in [0.2, 0.25) is 0 Å². The van der Waals surface area contributed by atoms with Crippen molar-refractivity contribution in [3.63, 3.8) is 0 Å². The van der Waals surface area contributed by atoms with Crippen molar-refractivity contribution in [2.45, 2.75) is 39.5 Å². The number of aryl methyl sites for hydroxylation is 1. The highest BCUT2D eigenvalue weighted by molar-refractivity contribution is 6.02. The fourth-order valence-corrected chi connectivity index (χ4v) is 3.52. The highest BCUT2D eigenvalue weighted by Crippen LogP contribution is 2.32. The van der Waals surface area contributed by atoms with Crippen LogP contribution in [0.15, 0.2) is 6.07 Å². The Bertz CT molecular complexity index is 607. The second kappa shape index (κ2) is 5.51. The lowest BCUT2D eigenvalue weighted by Gasteiger charge is -2.19. The molecule has 0 atom stereocenters. The van der Waals surface area contributed by atoms with E-state index in [1.807, 2.05) is 6.92 Å². The first-order valence-corrected chi connectivity index (χ1v) is 7.71. The Morgan fingerprint density at radius 1 is 1.19 bits per heavy atom. The molecule has 4 heteroatoms. The van der Waals surface area contributed by atoms with Crippen LogP contribution >= 0.6 is 0 Å². The highest BCUT2D eigenvalue weighted by Gasteiger charge is 2.29. The minimum absolute atomic E-state index is 0.245. The van der Waals surface area contributed by atoms with Crippen molar-refractivity contribution in [2.75, 3.05) is 19.7 Å². The molecule has 4 nitrogen and oxygen atoms in total. The van der Waals surface area contributed by atoms with Crippen LogP contribution in [0.3, 0.4) is 0 Å². The van der Waals surface area contributed by atoms with E-state index in [0.29, 0.717) is 26.1 Å². The van der Waals surface area contributed by atoms with Crippen molar-refractivity contribution >= 4 is 11.9 Å². The normalized spacial score (nSPS) is 17.2. The summed E-state index contributed by atoms with van der Waals surface area (Å²) in [6.45, 7) is 5.60. The summed E-state index contributed by atoms with van der Waals surface area (Å²) >= 11 is 0. The molecular weight excluding hydrogens is 266 g/mol. The third-order valence-electron chi connectivity index (χ3n) is 4.55. The predicted molar refractivity (Wildman–Crippen MR) is 79.8 cm³/mol. The van der Waals surface area contributed by atoms with Gasteiger partial charge in [0.05, 0.1) is 6.61 Å². The molecule has 1 aromatic rings. The first-order chi connectivity index (χ1) is 10.1. The summed E-state index contributed by atoms with van der Waals surface area (Å²) in [6.07, 6.45) is 2.81. The van der Waals surface area contributed by atoms with Crippen LogP contribution in [0, 0.1) is 6.92 Å². The monoisotopic (exact) mass is 287 g/mol. The maximum atomic E-state index is 12.2. The van der Waals surface area contributed by atoms with Crippen molar-refractivity contribution in [3.05, 3.63) is 33.9 Å². The van der Waals surface area contributed by atoms with Crippen LogP contribution in [0.4, 0.5) is 4.79 Å². The van der Waals surface area contributed by atoms with Gasteiger partial charge < -0.3 is 9.64 Å². The maximum absolute atomic E-state index is 12.2. The van der Waals surface area contributed by atoms with Crippen LogP contribution < -0.4 is 0 Å². The van der Waals surface area contributed by atoms with E-state index >= 15 is 0 Å². The van der Waals surface area contributed by atoms with Gasteiger partial charge in [0.25, 0.3) is 0 Å². The second-order valence-corrected chi connectivity index (χ2v) is 5.79. The SMILES string of the molecule is CCOC(=O)N1CCc2cc(C)c3c(c2CC1)C(=O)CC3. The van der Waals surface area contributed by atoms with E-state index in [0.717, 1.165) is 24.8 Å². The van der Waals surface area contributed by atoms with E-state index < -0.39 is 0 Å². The minimum atomic E-state index is -0.245. The summed E-state index contributed by atoms with van der Waals surface area (Å²) < 4.78 is 5.09. The number of nitrogens with zero attached hydrogens (tertiary/aromatic N) is 1. The molecule has 0 fully saturated rings. The molecule has 0 N–H and O–H groups in total. The Hall–Kier alpha value is -1.84. The topological polar surface area (TPSA) is 46.6 Å². The van der Waals surface area contributed by atoms with E-state index in [1.54, 1.807) is 4.90 Å². The zero-order valence-corrected chi connectivity index (χ0v) is 12.7. The van der Waals surface area contributed by atoms with E-state index in [1.165, 1.54) is 22.3 Å². The number of ether oxygens (including phenoxy) is 1. The Labute approximate surface area is 125 Å². The molecule has 2 aliphatic rings. The molecule has 1 aliphatic heterocycles. The molecule has 0 unspecified atom stereocenters. The molecule has 1 aliphatic carbocycles. The molecule has 0 radical (unpaired) electrons. The Kier molecular flexibility index (Phi) is 3.70. The van der Waals surface area contributed by atoms with Crippen molar-refractivity contribution < 1.29 is 14.3 Å². The van der Waals surface area contributed by atoms with Gasteiger partial charge in [-0.15, -0.1) is 0 Å². The van der Waals surface area contributed by atoms with Crippen LogP contribution in [-0.4, -0.2) is 36.5 Å². The van der Waals surface area contributed by atoms with Crippen LogP contribution in [-0.2, 0) is 24.0 Å². The van der Waals surface area contributed by atoms with Gasteiger partial charge in [0, 0.05) is 25.1 Å². The number of fused-ring (bicyclic) bond motifs is 3. The smallest absolute Gasteiger partial charge is 0.409 e. The fourth-order valence-electron chi connectivity index (χ4n) is 3.52. The average molecular weight is 287 g/mol. The number of ketones is 1. The molecule has 21 heavy (non-hydrogen) atoms. The Morgan fingerprint density at radius 3 is 2.71 bits per heavy atom. The van der Waals surface area contributed by atoms with Gasteiger partial charge in [-0.1, -0.05) is 6.07 Å². The summed E-state index contributed by atoms with van der Waals surface area (Å²) in [5, 5.41) is 0. The number of amides is 1. The zero-order valence-electron chi connectivity index (χ0n) is 12.7. The molecule has 1 heterocycles. The van der Waals surface area contributed by atoms with Gasteiger partial charge >= 0.3 is 6.09 Å². The molecular formula is C17H21NO3. The summed E-state index contributed by atoms with van der Waals surface area (Å²) in [5.41, 5.74) is 5.80. The number of hydrogen-bond donors (Lipinski definition) is 0. The van der Waals surface area contributed by atoms with E-state index in [4.69, 9.17) is 4.74 Å². The largest absolute Gasteiger partial charge is 0.450 e. The van der Waals surface area contributed by atoms with Gasteiger partial charge in [-0.25, -0.2) is 4.79 Å². The lowest BCUT2D eigenvalue weighted by molar-refractivity contribution is 0.0993. The van der Waals surface area contributed by atoms with Gasteiger partial charge in [-0.05, 0) is 55.4 Å². The number of hydrogen-bond acceptors (Lipinski definition) is 3. The number of benzene rings is 1. The third-order valence-corrected chi connectivity index (χ3v) is 4.55. The second-order valence-electron chi connectivity index (χ2n) is 5.79. The number of carbonyl (C=O) groups is 2. The third kappa shape index (κ3) is 2.43. The van der Waals surface area contributed by atoms with Crippen molar-refractivity contribution in [1.29, 1.82) is 0 Å². The van der Waals surface area contributed by atoms with Gasteiger partial charge in [-0.2, -0.15) is 0 Å². The van der Waals surface area contributed by atoms with E-state index in [-0.39, 0.29) is 11.9 Å². The highest BCUT2D eigenvalue weighted by atomic mass is 16.6. The molecule has 0 saturated carbocycles. The minimum Gasteiger partial charge on any atom is -0.450 e. The lowest BCUT2D eigenvalue weighted by atomic mass is 9.91. The average Bonchev–Trinajstić information content (AvgIpc) is 2.72. The zero-order chi connectivity index (χ0) is 15.0. The van der Waals surface area contributed by atoms with Crippen molar-refractivity contribution in [2.24, 2.45) is 0 Å². The molecule has 1 amide bonds. The van der Waals surface area contributed by atoms with Gasteiger partial charge in [0.2, 0.25) is 0 Å². The molecule has 0 aromatic heterocycles. The van der Waals surface area contributed by atoms with E-state index in [9.17, 15) is 9.59 Å². The fraction of sp³-hybridized carbons (Fsp3) is 0.529. The van der Waals surface area contributed by atoms with Crippen LogP contribution in [0.5, 0.6) is 0 Å². The molecule has 0 saturated heterocycles. The van der Waals surface area contributed by atoms with Crippen molar-refractivity contribution in [1.82, 2.24) is 4.90 Å². The Balaban J connectivity index is 1.92.